The van der Waals surface area contributed by atoms with Crippen molar-refractivity contribution in [1.29, 1.82) is 0 Å². The highest BCUT2D eigenvalue weighted by Gasteiger charge is 2.08. The Morgan fingerprint density at radius 1 is 1.33 bits per heavy atom. The number of rotatable bonds is 5. The van der Waals surface area contributed by atoms with Crippen molar-refractivity contribution in [3.8, 4) is 0 Å². The lowest BCUT2D eigenvalue weighted by molar-refractivity contribution is 0.449. The minimum Gasteiger partial charge on any atom is -0.307 e. The molecule has 0 aromatic carbocycles. The normalized spacial score (nSPS) is 12.9. The van der Waals surface area contributed by atoms with Gasteiger partial charge in [0.1, 0.15) is 0 Å². The van der Waals surface area contributed by atoms with Gasteiger partial charge in [-0.25, -0.2) is 4.98 Å². The third-order valence-electron chi connectivity index (χ3n) is 3.17. The molecule has 5 nitrogen and oxygen atoms in total. The van der Waals surface area contributed by atoms with E-state index in [0.29, 0.717) is 16.6 Å². The first kappa shape index (κ1) is 14.4. The predicted octanol–water partition coefficient (Wildman–Crippen LogP) is 3.02. The van der Waals surface area contributed by atoms with Crippen LogP contribution in [-0.2, 0) is 13.1 Å². The van der Waals surface area contributed by atoms with Gasteiger partial charge in [-0.15, -0.1) is 0 Å². The van der Waals surface area contributed by atoms with E-state index >= 15 is 0 Å². The minimum atomic E-state index is 0.286. The van der Waals surface area contributed by atoms with Gasteiger partial charge in [-0.05, 0) is 19.1 Å². The first-order valence-electron chi connectivity index (χ1n) is 6.65. The summed E-state index contributed by atoms with van der Waals surface area (Å²) in [5, 5.41) is 8.76. The monoisotopic (exact) mass is 323 g/mol. The molecule has 0 aliphatic rings. The van der Waals surface area contributed by atoms with Crippen LogP contribution in [0.15, 0.2) is 36.9 Å². The fourth-order valence-electron chi connectivity index (χ4n) is 2.19. The van der Waals surface area contributed by atoms with Crippen LogP contribution in [0.3, 0.4) is 0 Å². The Kier molecular flexibility index (Phi) is 4.14. The molecule has 0 aliphatic heterocycles. The number of nitrogens with zero attached hydrogens (tertiary/aromatic N) is 4. The van der Waals surface area contributed by atoms with Gasteiger partial charge in [0.05, 0.1) is 22.3 Å². The lowest BCUT2D eigenvalue weighted by atomic mass is 10.3. The Bertz CT molecular complexity index is 735. The van der Waals surface area contributed by atoms with Crippen LogP contribution in [0.2, 0.25) is 10.0 Å². The van der Waals surface area contributed by atoms with Crippen LogP contribution in [-0.4, -0.2) is 25.2 Å². The first-order valence-corrected chi connectivity index (χ1v) is 7.41. The third-order valence-corrected chi connectivity index (χ3v) is 3.66. The minimum absolute atomic E-state index is 0.286. The number of fused-ring (bicyclic) bond motifs is 1. The molecule has 3 aromatic rings. The fourth-order valence-corrected chi connectivity index (χ4v) is 2.72. The molecule has 3 aromatic heterocycles. The van der Waals surface area contributed by atoms with Gasteiger partial charge >= 0.3 is 0 Å². The molecule has 0 radical (unpaired) electrons. The summed E-state index contributed by atoms with van der Waals surface area (Å²) in [5.41, 5.74) is 1.64. The van der Waals surface area contributed by atoms with E-state index in [1.807, 2.05) is 27.5 Å². The quantitative estimate of drug-likeness (QED) is 0.785. The first-order chi connectivity index (χ1) is 10.1. The highest BCUT2D eigenvalue weighted by Crippen LogP contribution is 2.21. The Balaban J connectivity index is 1.66. The summed E-state index contributed by atoms with van der Waals surface area (Å²) < 4.78 is 3.75. The van der Waals surface area contributed by atoms with Crippen molar-refractivity contribution >= 4 is 28.8 Å². The van der Waals surface area contributed by atoms with Crippen molar-refractivity contribution in [3.63, 3.8) is 0 Å². The molecule has 0 bridgehead atoms. The average Bonchev–Trinajstić information content (AvgIpc) is 3.05. The van der Waals surface area contributed by atoms with E-state index in [0.717, 1.165) is 17.9 Å². The van der Waals surface area contributed by atoms with Crippen molar-refractivity contribution in [2.45, 2.75) is 26.1 Å². The van der Waals surface area contributed by atoms with Crippen LogP contribution in [0.25, 0.3) is 5.65 Å². The van der Waals surface area contributed by atoms with E-state index in [1.54, 1.807) is 18.5 Å². The van der Waals surface area contributed by atoms with E-state index in [2.05, 4.69) is 22.3 Å². The van der Waals surface area contributed by atoms with Crippen LogP contribution in [0.1, 0.15) is 12.6 Å². The molecule has 0 aliphatic carbocycles. The zero-order valence-electron chi connectivity index (χ0n) is 11.5. The Labute approximate surface area is 132 Å². The predicted molar refractivity (Wildman–Crippen MR) is 83.7 cm³/mol. The molecule has 7 heteroatoms. The average molecular weight is 324 g/mol. The molecule has 1 atom stereocenters. The molecular formula is C14H15Cl2N5. The summed E-state index contributed by atoms with van der Waals surface area (Å²) >= 11 is 12.1. The molecule has 3 rings (SSSR count). The van der Waals surface area contributed by atoms with Crippen LogP contribution in [0.4, 0.5) is 0 Å². The number of hydrogen-bond acceptors (Lipinski definition) is 3. The Morgan fingerprint density at radius 2 is 2.19 bits per heavy atom. The highest BCUT2D eigenvalue weighted by molar-refractivity contribution is 6.36. The molecule has 0 saturated carbocycles. The standard InChI is InChI=1S/C14H15Cl2N5/c1-10(7-21-4-2-3-18-21)17-6-12-9-20-8-11(15)5-13(16)14(20)19-12/h2-5,8-10,17H,6-7H2,1H3. The Morgan fingerprint density at radius 3 is 2.95 bits per heavy atom. The third kappa shape index (κ3) is 3.37. The lowest BCUT2D eigenvalue weighted by Gasteiger charge is -2.12. The zero-order chi connectivity index (χ0) is 14.8. The Hall–Kier alpha value is -1.56. The van der Waals surface area contributed by atoms with Gasteiger partial charge in [0.15, 0.2) is 5.65 Å². The second kappa shape index (κ2) is 6.05. The number of hydrogen-bond donors (Lipinski definition) is 1. The van der Waals surface area contributed by atoms with Crippen molar-refractivity contribution in [2.75, 3.05) is 0 Å². The van der Waals surface area contributed by atoms with Gasteiger partial charge in [0, 0.05) is 37.4 Å². The van der Waals surface area contributed by atoms with Crippen molar-refractivity contribution in [2.24, 2.45) is 0 Å². The lowest BCUT2D eigenvalue weighted by Crippen LogP contribution is -2.30. The van der Waals surface area contributed by atoms with E-state index in [-0.39, 0.29) is 6.04 Å². The van der Waals surface area contributed by atoms with Gasteiger partial charge in [-0.3, -0.25) is 4.68 Å². The summed E-state index contributed by atoms with van der Waals surface area (Å²) in [5.74, 6) is 0. The molecule has 21 heavy (non-hydrogen) atoms. The zero-order valence-corrected chi connectivity index (χ0v) is 13.0. The number of halogens is 2. The van der Waals surface area contributed by atoms with Crippen molar-refractivity contribution in [3.05, 3.63) is 52.7 Å². The van der Waals surface area contributed by atoms with Crippen LogP contribution < -0.4 is 5.32 Å². The molecule has 0 spiro atoms. The molecule has 0 saturated heterocycles. The number of aromatic nitrogens is 4. The van der Waals surface area contributed by atoms with Crippen LogP contribution in [0.5, 0.6) is 0 Å². The molecule has 1 N–H and O–H groups in total. The molecule has 1 unspecified atom stereocenters. The van der Waals surface area contributed by atoms with E-state index < -0.39 is 0 Å². The van der Waals surface area contributed by atoms with Gasteiger partial charge in [0.25, 0.3) is 0 Å². The summed E-state index contributed by atoms with van der Waals surface area (Å²) in [6.45, 7) is 3.59. The van der Waals surface area contributed by atoms with Crippen molar-refractivity contribution in [1.82, 2.24) is 24.5 Å². The van der Waals surface area contributed by atoms with Gasteiger partial charge < -0.3 is 9.72 Å². The van der Waals surface area contributed by atoms with Gasteiger partial charge in [-0.2, -0.15) is 5.10 Å². The SMILES string of the molecule is CC(Cn1cccn1)NCc1cn2cc(Cl)cc(Cl)c2n1. The van der Waals surface area contributed by atoms with E-state index in [1.165, 1.54) is 0 Å². The topological polar surface area (TPSA) is 47.2 Å². The molecular weight excluding hydrogens is 309 g/mol. The number of pyridine rings is 1. The van der Waals surface area contributed by atoms with Crippen molar-refractivity contribution < 1.29 is 0 Å². The largest absolute Gasteiger partial charge is 0.307 e. The highest BCUT2D eigenvalue weighted by atomic mass is 35.5. The molecule has 0 amide bonds. The second-order valence-electron chi connectivity index (χ2n) is 4.98. The summed E-state index contributed by atoms with van der Waals surface area (Å²) in [4.78, 5) is 4.51. The maximum atomic E-state index is 6.13. The summed E-state index contributed by atoms with van der Waals surface area (Å²) in [7, 11) is 0. The smallest absolute Gasteiger partial charge is 0.156 e. The second-order valence-corrected chi connectivity index (χ2v) is 5.82. The summed E-state index contributed by atoms with van der Waals surface area (Å²) in [6, 6.07) is 3.90. The van der Waals surface area contributed by atoms with Crippen LogP contribution in [0, 0.1) is 0 Å². The van der Waals surface area contributed by atoms with E-state index in [9.17, 15) is 0 Å². The summed E-state index contributed by atoms with van der Waals surface area (Å²) in [6.07, 6.45) is 7.46. The van der Waals surface area contributed by atoms with E-state index in [4.69, 9.17) is 23.2 Å². The number of imidazole rings is 1. The van der Waals surface area contributed by atoms with Crippen LogP contribution >= 0.6 is 23.2 Å². The van der Waals surface area contributed by atoms with Gasteiger partial charge in [-0.1, -0.05) is 23.2 Å². The number of nitrogens with one attached hydrogen (secondary N) is 1. The fraction of sp³-hybridized carbons (Fsp3) is 0.286. The maximum Gasteiger partial charge on any atom is 0.156 e. The molecule has 110 valence electrons. The molecule has 3 heterocycles. The van der Waals surface area contributed by atoms with Gasteiger partial charge in [0.2, 0.25) is 0 Å². The molecule has 0 fully saturated rings. The maximum absolute atomic E-state index is 6.13.